The van der Waals surface area contributed by atoms with Crippen LogP contribution in [-0.2, 0) is 9.59 Å². The van der Waals surface area contributed by atoms with Gasteiger partial charge in [-0.2, -0.15) is 0 Å². The molecule has 0 unspecified atom stereocenters. The van der Waals surface area contributed by atoms with Crippen LogP contribution in [0.3, 0.4) is 0 Å². The van der Waals surface area contributed by atoms with E-state index in [4.69, 9.17) is 5.11 Å². The van der Waals surface area contributed by atoms with E-state index in [1.165, 1.54) is 12.3 Å². The summed E-state index contributed by atoms with van der Waals surface area (Å²) in [4.78, 5) is 31.5. The molecule has 22 heavy (non-hydrogen) atoms. The van der Waals surface area contributed by atoms with E-state index in [1.807, 2.05) is 0 Å². The second kappa shape index (κ2) is 5.84. The zero-order valence-corrected chi connectivity index (χ0v) is 12.1. The Hall–Kier alpha value is -2.90. The predicted molar refractivity (Wildman–Crippen MR) is 77.6 cm³/mol. The SMILES string of the molecule is Cc1cnc(C)c(O)c1C=C(C(=O)O)N1CCN=C1C(=O)O. The van der Waals surface area contributed by atoms with Crippen LogP contribution in [0.25, 0.3) is 6.08 Å². The maximum atomic E-state index is 11.5. The maximum absolute atomic E-state index is 11.5. The molecular formula is C14H15N3O5. The fourth-order valence-corrected chi connectivity index (χ4v) is 2.14. The van der Waals surface area contributed by atoms with Crippen molar-refractivity contribution in [1.82, 2.24) is 9.88 Å². The summed E-state index contributed by atoms with van der Waals surface area (Å²) in [5, 5.41) is 28.5. The Labute approximate surface area is 126 Å². The van der Waals surface area contributed by atoms with E-state index >= 15 is 0 Å². The Bertz CT molecular complexity index is 709. The van der Waals surface area contributed by atoms with E-state index < -0.39 is 11.9 Å². The zero-order chi connectivity index (χ0) is 16.4. The summed E-state index contributed by atoms with van der Waals surface area (Å²) in [6, 6.07) is 0. The summed E-state index contributed by atoms with van der Waals surface area (Å²) in [7, 11) is 0. The molecule has 0 fully saturated rings. The first-order valence-corrected chi connectivity index (χ1v) is 6.48. The zero-order valence-electron chi connectivity index (χ0n) is 12.1. The van der Waals surface area contributed by atoms with Crippen molar-refractivity contribution in [1.29, 1.82) is 0 Å². The van der Waals surface area contributed by atoms with Crippen LogP contribution in [0.2, 0.25) is 0 Å². The second-order valence-electron chi connectivity index (χ2n) is 4.79. The molecule has 0 saturated heterocycles. The molecule has 8 heteroatoms. The summed E-state index contributed by atoms with van der Waals surface area (Å²) in [6.45, 7) is 3.62. The van der Waals surface area contributed by atoms with Crippen molar-refractivity contribution < 1.29 is 24.9 Å². The molecule has 3 N–H and O–H groups in total. The van der Waals surface area contributed by atoms with E-state index in [2.05, 4.69) is 9.98 Å². The lowest BCUT2D eigenvalue weighted by Crippen LogP contribution is -2.35. The van der Waals surface area contributed by atoms with Crippen LogP contribution in [0.4, 0.5) is 0 Å². The van der Waals surface area contributed by atoms with Gasteiger partial charge in [0.25, 0.3) is 0 Å². The normalized spacial score (nSPS) is 14.9. The molecule has 0 aromatic carbocycles. The van der Waals surface area contributed by atoms with Crippen molar-refractivity contribution in [2.45, 2.75) is 13.8 Å². The van der Waals surface area contributed by atoms with Crippen LogP contribution in [0, 0.1) is 13.8 Å². The minimum Gasteiger partial charge on any atom is -0.505 e. The summed E-state index contributed by atoms with van der Waals surface area (Å²) in [6.07, 6.45) is 2.75. The highest BCUT2D eigenvalue weighted by Gasteiger charge is 2.30. The number of carboxylic acids is 2. The molecule has 0 radical (unpaired) electrons. The Morgan fingerprint density at radius 3 is 2.59 bits per heavy atom. The molecule has 1 aromatic heterocycles. The van der Waals surface area contributed by atoms with Gasteiger partial charge in [-0.3, -0.25) is 9.98 Å². The number of hydrogen-bond donors (Lipinski definition) is 3. The molecule has 0 spiro atoms. The first-order valence-electron chi connectivity index (χ1n) is 6.48. The molecular weight excluding hydrogens is 290 g/mol. The highest BCUT2D eigenvalue weighted by molar-refractivity contribution is 6.36. The van der Waals surface area contributed by atoms with Crippen LogP contribution < -0.4 is 0 Å². The van der Waals surface area contributed by atoms with Gasteiger partial charge in [-0.15, -0.1) is 0 Å². The smallest absolute Gasteiger partial charge is 0.371 e. The van der Waals surface area contributed by atoms with Gasteiger partial charge in [0.2, 0.25) is 5.84 Å². The lowest BCUT2D eigenvalue weighted by molar-refractivity contribution is -0.133. The number of aliphatic imine (C=N–C) groups is 1. The Kier molecular flexibility index (Phi) is 4.11. The third-order valence-corrected chi connectivity index (χ3v) is 3.30. The largest absolute Gasteiger partial charge is 0.505 e. The lowest BCUT2D eigenvalue weighted by atomic mass is 10.1. The highest BCUT2D eigenvalue weighted by Crippen LogP contribution is 2.27. The molecule has 0 aliphatic carbocycles. The number of aromatic hydroxyl groups is 1. The van der Waals surface area contributed by atoms with E-state index in [1.54, 1.807) is 13.8 Å². The fourth-order valence-electron chi connectivity index (χ4n) is 2.14. The van der Waals surface area contributed by atoms with Crippen molar-refractivity contribution >= 4 is 23.9 Å². The van der Waals surface area contributed by atoms with Gasteiger partial charge in [0.05, 0.1) is 12.2 Å². The number of carboxylic acid groups (broad SMARTS) is 2. The van der Waals surface area contributed by atoms with Gasteiger partial charge < -0.3 is 20.2 Å². The summed E-state index contributed by atoms with van der Waals surface area (Å²) in [5.74, 6) is -3.05. The van der Waals surface area contributed by atoms with Crippen molar-refractivity contribution in [2.75, 3.05) is 13.1 Å². The molecule has 0 bridgehead atoms. The number of carbonyl (C=O) groups is 2. The topological polar surface area (TPSA) is 123 Å². The Morgan fingerprint density at radius 2 is 2.00 bits per heavy atom. The summed E-state index contributed by atoms with van der Waals surface area (Å²) >= 11 is 0. The molecule has 1 aliphatic rings. The van der Waals surface area contributed by atoms with Crippen LogP contribution >= 0.6 is 0 Å². The van der Waals surface area contributed by atoms with Crippen molar-refractivity contribution in [3.63, 3.8) is 0 Å². The van der Waals surface area contributed by atoms with Crippen LogP contribution in [0.1, 0.15) is 16.8 Å². The van der Waals surface area contributed by atoms with Crippen molar-refractivity contribution in [3.8, 4) is 5.75 Å². The molecule has 2 rings (SSSR count). The van der Waals surface area contributed by atoms with Gasteiger partial charge in [0.1, 0.15) is 11.4 Å². The first-order chi connectivity index (χ1) is 10.3. The third-order valence-electron chi connectivity index (χ3n) is 3.30. The summed E-state index contributed by atoms with van der Waals surface area (Å²) in [5.41, 5.74) is 0.967. The van der Waals surface area contributed by atoms with Gasteiger partial charge in [0.15, 0.2) is 0 Å². The standard InChI is InChI=1S/C14H15N3O5/c1-7-6-16-8(2)11(18)9(7)5-10(13(19)20)17-4-3-15-12(17)14(21)22/h5-6,18H,3-4H2,1-2H3,(H,19,20)(H,21,22). The second-order valence-corrected chi connectivity index (χ2v) is 4.79. The number of rotatable bonds is 4. The maximum Gasteiger partial charge on any atom is 0.371 e. The average Bonchev–Trinajstić information content (AvgIpc) is 2.92. The number of amidine groups is 1. The number of aromatic nitrogens is 1. The van der Waals surface area contributed by atoms with Gasteiger partial charge in [-0.1, -0.05) is 0 Å². The molecule has 116 valence electrons. The number of hydrogen-bond acceptors (Lipinski definition) is 6. The van der Waals surface area contributed by atoms with Crippen LogP contribution in [0.15, 0.2) is 16.9 Å². The lowest BCUT2D eigenvalue weighted by Gasteiger charge is -2.19. The summed E-state index contributed by atoms with van der Waals surface area (Å²) < 4.78 is 0. The molecule has 1 aromatic rings. The molecule has 1 aliphatic heterocycles. The minimum atomic E-state index is -1.30. The first kappa shape index (κ1) is 15.5. The number of aliphatic carboxylic acids is 2. The van der Waals surface area contributed by atoms with E-state index in [0.29, 0.717) is 16.8 Å². The van der Waals surface area contributed by atoms with Crippen LogP contribution in [0.5, 0.6) is 5.75 Å². The number of aryl methyl sites for hydroxylation is 2. The van der Waals surface area contributed by atoms with Gasteiger partial charge in [-0.25, -0.2) is 9.59 Å². The van der Waals surface area contributed by atoms with Crippen LogP contribution in [-0.4, -0.2) is 56.1 Å². The van der Waals surface area contributed by atoms with E-state index in [-0.39, 0.29) is 30.4 Å². The average molecular weight is 305 g/mol. The molecule has 0 saturated carbocycles. The molecule has 8 nitrogen and oxygen atoms in total. The molecule has 0 atom stereocenters. The van der Waals surface area contributed by atoms with Gasteiger partial charge in [-0.05, 0) is 25.5 Å². The quantitative estimate of drug-likeness (QED) is 0.697. The van der Waals surface area contributed by atoms with Crippen molar-refractivity contribution in [2.24, 2.45) is 4.99 Å². The van der Waals surface area contributed by atoms with Gasteiger partial charge >= 0.3 is 11.9 Å². The minimum absolute atomic E-state index is 0.133. The van der Waals surface area contributed by atoms with Gasteiger partial charge in [0, 0.05) is 18.3 Å². The Morgan fingerprint density at radius 1 is 1.32 bits per heavy atom. The van der Waals surface area contributed by atoms with E-state index in [9.17, 15) is 19.8 Å². The predicted octanol–water partition coefficient (Wildman–Crippen LogP) is 0.628. The van der Waals surface area contributed by atoms with E-state index in [0.717, 1.165) is 4.90 Å². The fraction of sp³-hybridized carbons (Fsp3) is 0.286. The Balaban J connectivity index is 2.55. The highest BCUT2D eigenvalue weighted by atomic mass is 16.4. The molecule has 0 amide bonds. The number of pyridine rings is 1. The molecule has 2 heterocycles. The monoisotopic (exact) mass is 305 g/mol. The number of nitrogens with zero attached hydrogens (tertiary/aromatic N) is 3. The third kappa shape index (κ3) is 2.76. The van der Waals surface area contributed by atoms with Crippen molar-refractivity contribution in [3.05, 3.63) is 28.7 Å².